The Labute approximate surface area is 110 Å². The molecule has 0 unspecified atom stereocenters. The number of rotatable bonds is 6. The van der Waals surface area contributed by atoms with Crippen molar-refractivity contribution in [2.75, 3.05) is 12.9 Å². The van der Waals surface area contributed by atoms with Crippen LogP contribution >= 0.6 is 11.8 Å². The molecule has 1 heterocycles. The second-order valence-electron chi connectivity index (χ2n) is 3.81. The van der Waals surface area contributed by atoms with Gasteiger partial charge in [0.05, 0.1) is 13.4 Å². The fourth-order valence-corrected chi connectivity index (χ4v) is 2.56. The van der Waals surface area contributed by atoms with E-state index in [1.165, 1.54) is 12.1 Å². The first-order valence-corrected chi connectivity index (χ1v) is 6.81. The molecule has 2 aromatic rings. The molecule has 0 aliphatic rings. The average Bonchev–Trinajstić information content (AvgIpc) is 2.88. The molecule has 1 aromatic heterocycles. The lowest BCUT2D eigenvalue weighted by Gasteiger charge is -2.08. The molecule has 3 nitrogen and oxygen atoms in total. The third-order valence-corrected chi connectivity index (χ3v) is 3.54. The molecule has 0 aliphatic carbocycles. The average molecular weight is 266 g/mol. The van der Waals surface area contributed by atoms with Gasteiger partial charge in [0, 0.05) is 36.0 Å². The van der Waals surface area contributed by atoms with E-state index in [2.05, 4.69) is 4.98 Å². The third-order valence-electron chi connectivity index (χ3n) is 2.55. The summed E-state index contributed by atoms with van der Waals surface area (Å²) < 4.78 is 20.4. The van der Waals surface area contributed by atoms with Gasteiger partial charge in [-0.05, 0) is 18.2 Å². The van der Waals surface area contributed by atoms with E-state index in [0.29, 0.717) is 0 Å². The Morgan fingerprint density at radius 2 is 2.33 bits per heavy atom. The Bertz CT molecular complexity index is 488. The zero-order valence-corrected chi connectivity index (χ0v) is 11.0. The molecule has 0 saturated carbocycles. The van der Waals surface area contributed by atoms with E-state index in [9.17, 15) is 4.39 Å². The highest BCUT2D eigenvalue weighted by molar-refractivity contribution is 7.98. The number of ether oxygens (including phenoxy) is 1. The molecule has 0 saturated heterocycles. The molecular formula is C13H15FN2OS. The summed E-state index contributed by atoms with van der Waals surface area (Å²) in [7, 11) is 1.60. The molecule has 0 aliphatic heterocycles. The number of imidazole rings is 1. The van der Waals surface area contributed by atoms with E-state index in [-0.39, 0.29) is 5.82 Å². The minimum absolute atomic E-state index is 0.221. The van der Waals surface area contributed by atoms with Crippen LogP contribution in [-0.2, 0) is 12.3 Å². The second-order valence-corrected chi connectivity index (χ2v) is 4.91. The molecule has 5 heteroatoms. The number of aromatic nitrogens is 2. The number of halogens is 1. The fraction of sp³-hybridized carbons (Fsp3) is 0.308. The Kier molecular flexibility index (Phi) is 4.64. The van der Waals surface area contributed by atoms with Crippen LogP contribution < -0.4 is 4.74 Å². The monoisotopic (exact) mass is 266 g/mol. The van der Waals surface area contributed by atoms with Crippen LogP contribution in [0.1, 0.15) is 5.56 Å². The van der Waals surface area contributed by atoms with E-state index in [4.69, 9.17) is 4.74 Å². The number of aryl methyl sites for hydroxylation is 1. The van der Waals surface area contributed by atoms with Crippen molar-refractivity contribution in [3.05, 3.63) is 48.3 Å². The summed E-state index contributed by atoms with van der Waals surface area (Å²) >= 11 is 1.75. The van der Waals surface area contributed by atoms with Crippen molar-refractivity contribution in [3.8, 4) is 5.75 Å². The normalized spacial score (nSPS) is 10.6. The minimum Gasteiger partial charge on any atom is -0.496 e. The lowest BCUT2D eigenvalue weighted by Crippen LogP contribution is -1.98. The molecular weight excluding hydrogens is 251 g/mol. The van der Waals surface area contributed by atoms with Crippen LogP contribution in [0, 0.1) is 5.82 Å². The highest BCUT2D eigenvalue weighted by Crippen LogP contribution is 2.24. The third kappa shape index (κ3) is 3.50. The topological polar surface area (TPSA) is 27.1 Å². The first-order chi connectivity index (χ1) is 8.79. The Morgan fingerprint density at radius 1 is 1.44 bits per heavy atom. The summed E-state index contributed by atoms with van der Waals surface area (Å²) in [6.07, 6.45) is 5.49. The van der Waals surface area contributed by atoms with Crippen LogP contribution in [-0.4, -0.2) is 22.4 Å². The molecule has 2 rings (SSSR count). The van der Waals surface area contributed by atoms with E-state index >= 15 is 0 Å². The number of hydrogen-bond acceptors (Lipinski definition) is 3. The first-order valence-electron chi connectivity index (χ1n) is 5.65. The van der Waals surface area contributed by atoms with Crippen molar-refractivity contribution in [2.24, 2.45) is 0 Å². The molecule has 0 radical (unpaired) electrons. The van der Waals surface area contributed by atoms with E-state index in [1.54, 1.807) is 37.5 Å². The number of methoxy groups -OCH3 is 1. The molecule has 0 amide bonds. The lowest BCUT2D eigenvalue weighted by atomic mass is 10.2. The van der Waals surface area contributed by atoms with Gasteiger partial charge < -0.3 is 9.30 Å². The molecule has 96 valence electrons. The first kappa shape index (κ1) is 13.0. The van der Waals surface area contributed by atoms with Crippen LogP contribution in [0.3, 0.4) is 0 Å². The van der Waals surface area contributed by atoms with Crippen LogP contribution in [0.25, 0.3) is 0 Å². The van der Waals surface area contributed by atoms with E-state index < -0.39 is 0 Å². The lowest BCUT2D eigenvalue weighted by molar-refractivity contribution is 0.410. The zero-order chi connectivity index (χ0) is 12.8. The van der Waals surface area contributed by atoms with Gasteiger partial charge in [0.2, 0.25) is 0 Å². The van der Waals surface area contributed by atoms with Gasteiger partial charge in [0.25, 0.3) is 0 Å². The summed E-state index contributed by atoms with van der Waals surface area (Å²) in [6.45, 7) is 0.905. The summed E-state index contributed by atoms with van der Waals surface area (Å²) in [4.78, 5) is 3.98. The van der Waals surface area contributed by atoms with Gasteiger partial charge in [-0.2, -0.15) is 11.8 Å². The summed E-state index contributed by atoms with van der Waals surface area (Å²) in [5.74, 6) is 2.22. The molecule has 0 spiro atoms. The summed E-state index contributed by atoms with van der Waals surface area (Å²) in [5, 5.41) is 0. The molecule has 0 bridgehead atoms. The largest absolute Gasteiger partial charge is 0.496 e. The number of nitrogens with zero attached hydrogens (tertiary/aromatic N) is 2. The van der Waals surface area contributed by atoms with E-state index in [1.807, 2.05) is 10.8 Å². The highest BCUT2D eigenvalue weighted by Gasteiger charge is 2.04. The highest BCUT2D eigenvalue weighted by atomic mass is 32.2. The molecule has 0 atom stereocenters. The van der Waals surface area contributed by atoms with Crippen LogP contribution in [0.5, 0.6) is 5.75 Å². The molecule has 18 heavy (non-hydrogen) atoms. The van der Waals surface area contributed by atoms with Crippen molar-refractivity contribution in [1.82, 2.24) is 9.55 Å². The van der Waals surface area contributed by atoms with Crippen LogP contribution in [0.15, 0.2) is 36.9 Å². The standard InChI is InChI=1S/C13H15FN2OS/c1-17-13-3-2-12(14)8-11(13)9-18-7-6-16-5-4-15-10-16/h2-5,8,10H,6-7,9H2,1H3. The van der Waals surface area contributed by atoms with Gasteiger partial charge >= 0.3 is 0 Å². The maximum absolute atomic E-state index is 13.1. The second kappa shape index (κ2) is 6.44. The van der Waals surface area contributed by atoms with Gasteiger partial charge in [-0.1, -0.05) is 0 Å². The van der Waals surface area contributed by atoms with Crippen molar-refractivity contribution in [1.29, 1.82) is 0 Å². The van der Waals surface area contributed by atoms with Crippen molar-refractivity contribution < 1.29 is 9.13 Å². The van der Waals surface area contributed by atoms with E-state index in [0.717, 1.165) is 29.4 Å². The minimum atomic E-state index is -0.221. The fourth-order valence-electron chi connectivity index (χ4n) is 1.63. The van der Waals surface area contributed by atoms with Gasteiger partial charge in [0.1, 0.15) is 11.6 Å². The Balaban J connectivity index is 1.84. The zero-order valence-electron chi connectivity index (χ0n) is 10.2. The molecule has 0 N–H and O–H groups in total. The molecule has 0 fully saturated rings. The number of thioether (sulfide) groups is 1. The molecule has 1 aromatic carbocycles. The van der Waals surface area contributed by atoms with Crippen molar-refractivity contribution in [2.45, 2.75) is 12.3 Å². The number of benzene rings is 1. The SMILES string of the molecule is COc1ccc(F)cc1CSCCn1ccnc1. The van der Waals surface area contributed by atoms with Gasteiger partial charge in [0.15, 0.2) is 0 Å². The van der Waals surface area contributed by atoms with Gasteiger partial charge in [-0.25, -0.2) is 9.37 Å². The van der Waals surface area contributed by atoms with Gasteiger partial charge in [-0.15, -0.1) is 0 Å². The van der Waals surface area contributed by atoms with Gasteiger partial charge in [-0.3, -0.25) is 0 Å². The Morgan fingerprint density at radius 3 is 3.06 bits per heavy atom. The van der Waals surface area contributed by atoms with Crippen LogP contribution in [0.4, 0.5) is 4.39 Å². The maximum atomic E-state index is 13.1. The predicted molar refractivity (Wildman–Crippen MR) is 71.3 cm³/mol. The van der Waals surface area contributed by atoms with Crippen LogP contribution in [0.2, 0.25) is 0 Å². The smallest absolute Gasteiger partial charge is 0.123 e. The quantitative estimate of drug-likeness (QED) is 0.752. The summed E-state index contributed by atoms with van der Waals surface area (Å²) in [6, 6.07) is 4.61. The predicted octanol–water partition coefficient (Wildman–Crippen LogP) is 2.96. The van der Waals surface area contributed by atoms with Crippen molar-refractivity contribution >= 4 is 11.8 Å². The maximum Gasteiger partial charge on any atom is 0.123 e. The van der Waals surface area contributed by atoms with Crippen molar-refractivity contribution in [3.63, 3.8) is 0 Å². The summed E-state index contributed by atoms with van der Waals surface area (Å²) in [5.41, 5.74) is 0.896. The Hall–Kier alpha value is -1.49. The number of hydrogen-bond donors (Lipinski definition) is 0.